The van der Waals surface area contributed by atoms with E-state index < -0.39 is 14.9 Å². The number of sulfonamides is 1. The second-order valence-corrected chi connectivity index (χ2v) is 5.37. The van der Waals surface area contributed by atoms with Crippen molar-refractivity contribution in [2.45, 2.75) is 4.90 Å². The van der Waals surface area contributed by atoms with Gasteiger partial charge in [-0.15, -0.1) is 0 Å². The molecule has 102 valence electrons. The van der Waals surface area contributed by atoms with E-state index in [9.17, 15) is 18.5 Å². The molecule has 0 aliphatic heterocycles. The van der Waals surface area contributed by atoms with E-state index in [1.165, 1.54) is 0 Å². The normalized spacial score (nSPS) is 10.8. The number of nitrogens with zero attached hydrogens (tertiary/aromatic N) is 4. The molecule has 0 bridgehead atoms. The molecule has 0 saturated carbocycles. The van der Waals surface area contributed by atoms with Crippen LogP contribution in [0, 0.1) is 10.1 Å². The highest BCUT2D eigenvalue weighted by atomic mass is 35.5. The first kappa shape index (κ1) is 15.2. The van der Waals surface area contributed by atoms with Gasteiger partial charge in [0.15, 0.2) is 0 Å². The molecule has 19 heavy (non-hydrogen) atoms. The predicted molar refractivity (Wildman–Crippen MR) is 67.3 cm³/mol. The van der Waals surface area contributed by atoms with Crippen LogP contribution in [0.15, 0.2) is 28.2 Å². The van der Waals surface area contributed by atoms with E-state index >= 15 is 0 Å². The molecule has 1 N–H and O–H groups in total. The third-order valence-electron chi connectivity index (χ3n) is 1.98. The summed E-state index contributed by atoms with van der Waals surface area (Å²) in [4.78, 5) is 12.0. The van der Waals surface area contributed by atoms with Crippen LogP contribution in [0.4, 0.5) is 5.69 Å². The number of nitro benzene ring substituents is 1. The molecule has 0 atom stereocenters. The molecule has 1 aromatic carbocycles. The van der Waals surface area contributed by atoms with E-state index in [1.54, 1.807) is 0 Å². The summed E-state index contributed by atoms with van der Waals surface area (Å²) >= 11 is 5.69. The molecule has 11 heteroatoms. The molecular weight excluding hydrogens is 298 g/mol. The molecule has 0 unspecified atom stereocenters. The van der Waals surface area contributed by atoms with Crippen molar-refractivity contribution in [3.05, 3.63) is 43.8 Å². The molecule has 9 nitrogen and oxygen atoms in total. The van der Waals surface area contributed by atoms with Gasteiger partial charge in [-0.2, -0.15) is 0 Å². The van der Waals surface area contributed by atoms with E-state index in [0.717, 1.165) is 18.2 Å². The second kappa shape index (κ2) is 6.34. The van der Waals surface area contributed by atoms with Gasteiger partial charge in [-0.1, -0.05) is 16.7 Å². The molecule has 0 saturated heterocycles. The van der Waals surface area contributed by atoms with Crippen molar-refractivity contribution in [2.75, 3.05) is 13.1 Å². The number of nitro groups is 1. The third-order valence-corrected chi connectivity index (χ3v) is 3.93. The predicted octanol–water partition coefficient (Wildman–Crippen LogP) is 1.84. The minimum Gasteiger partial charge on any atom is -0.258 e. The van der Waals surface area contributed by atoms with Crippen molar-refractivity contribution in [2.24, 2.45) is 5.11 Å². The standard InChI is InChI=1S/C8H8ClN5O4S/c9-7-5-6(14(15)16)1-2-8(7)19(17,18)12-4-3-11-13-10/h1-2,5,12H,3-4H2. The van der Waals surface area contributed by atoms with Gasteiger partial charge < -0.3 is 0 Å². The Morgan fingerprint density at radius 3 is 2.74 bits per heavy atom. The summed E-state index contributed by atoms with van der Waals surface area (Å²) in [5.41, 5.74) is 7.73. The number of benzene rings is 1. The van der Waals surface area contributed by atoms with Crippen molar-refractivity contribution in [1.29, 1.82) is 0 Å². The Labute approximate surface area is 113 Å². The van der Waals surface area contributed by atoms with Crippen molar-refractivity contribution < 1.29 is 13.3 Å². The molecule has 0 aliphatic carbocycles. The molecule has 0 fully saturated rings. The lowest BCUT2D eigenvalue weighted by molar-refractivity contribution is -0.384. The van der Waals surface area contributed by atoms with Gasteiger partial charge in [0.25, 0.3) is 5.69 Å². The number of hydrogen-bond acceptors (Lipinski definition) is 5. The van der Waals surface area contributed by atoms with E-state index in [4.69, 9.17) is 17.1 Å². The van der Waals surface area contributed by atoms with Gasteiger partial charge in [-0.3, -0.25) is 10.1 Å². The zero-order valence-electron chi connectivity index (χ0n) is 9.35. The van der Waals surface area contributed by atoms with E-state index in [-0.39, 0.29) is 28.7 Å². The molecule has 0 aromatic heterocycles. The highest BCUT2D eigenvalue weighted by Gasteiger charge is 2.19. The van der Waals surface area contributed by atoms with Crippen LogP contribution < -0.4 is 4.72 Å². The topological polar surface area (TPSA) is 138 Å². The van der Waals surface area contributed by atoms with Crippen LogP contribution in [0.1, 0.15) is 0 Å². The first-order chi connectivity index (χ1) is 8.88. The smallest absolute Gasteiger partial charge is 0.258 e. The van der Waals surface area contributed by atoms with Crippen LogP contribution in [-0.4, -0.2) is 26.4 Å². The van der Waals surface area contributed by atoms with Gasteiger partial charge in [0.2, 0.25) is 10.0 Å². The lowest BCUT2D eigenvalue weighted by Crippen LogP contribution is -2.26. The molecule has 0 radical (unpaired) electrons. The minimum absolute atomic E-state index is 0.0552. The Balaban J connectivity index is 2.95. The maximum Gasteiger partial charge on any atom is 0.271 e. The molecule has 1 rings (SSSR count). The maximum atomic E-state index is 11.8. The average Bonchev–Trinajstić information content (AvgIpc) is 2.34. The Kier molecular flexibility index (Phi) is 5.07. The number of rotatable bonds is 6. The van der Waals surface area contributed by atoms with Gasteiger partial charge >= 0.3 is 0 Å². The van der Waals surface area contributed by atoms with Gasteiger partial charge in [0.1, 0.15) is 4.90 Å². The third kappa shape index (κ3) is 4.07. The van der Waals surface area contributed by atoms with Crippen LogP contribution in [0.5, 0.6) is 0 Å². The largest absolute Gasteiger partial charge is 0.271 e. The summed E-state index contributed by atoms with van der Waals surface area (Å²) in [6.07, 6.45) is 0. The number of non-ortho nitro benzene ring substituents is 1. The highest BCUT2D eigenvalue weighted by molar-refractivity contribution is 7.89. The zero-order chi connectivity index (χ0) is 14.5. The van der Waals surface area contributed by atoms with E-state index in [1.807, 2.05) is 0 Å². The van der Waals surface area contributed by atoms with Crippen molar-refractivity contribution in [3.8, 4) is 0 Å². The van der Waals surface area contributed by atoms with Crippen molar-refractivity contribution >= 4 is 27.3 Å². The van der Waals surface area contributed by atoms with Gasteiger partial charge in [0, 0.05) is 30.1 Å². The number of azide groups is 1. The Morgan fingerprint density at radius 2 is 2.21 bits per heavy atom. The Hall–Kier alpha value is -1.87. The van der Waals surface area contributed by atoms with E-state index in [2.05, 4.69) is 14.7 Å². The lowest BCUT2D eigenvalue weighted by Gasteiger charge is -2.06. The summed E-state index contributed by atoms with van der Waals surface area (Å²) in [5.74, 6) is 0. The summed E-state index contributed by atoms with van der Waals surface area (Å²) in [6, 6.07) is 3.02. The molecule has 0 amide bonds. The fraction of sp³-hybridized carbons (Fsp3) is 0.250. The second-order valence-electron chi connectivity index (χ2n) is 3.22. The summed E-state index contributed by atoms with van der Waals surface area (Å²) in [7, 11) is -3.90. The quantitative estimate of drug-likeness (QED) is 0.214. The summed E-state index contributed by atoms with van der Waals surface area (Å²) < 4.78 is 25.7. The fourth-order valence-electron chi connectivity index (χ4n) is 1.17. The van der Waals surface area contributed by atoms with Crippen LogP contribution in [-0.2, 0) is 10.0 Å². The van der Waals surface area contributed by atoms with Crippen molar-refractivity contribution in [1.82, 2.24) is 4.72 Å². The van der Waals surface area contributed by atoms with Crippen LogP contribution in [0.3, 0.4) is 0 Å². The molecule has 0 spiro atoms. The molecule has 0 aliphatic rings. The van der Waals surface area contributed by atoms with Crippen LogP contribution >= 0.6 is 11.6 Å². The van der Waals surface area contributed by atoms with E-state index in [0.29, 0.717) is 0 Å². The summed E-state index contributed by atoms with van der Waals surface area (Å²) in [5, 5.41) is 13.4. The number of hydrogen-bond donors (Lipinski definition) is 1. The van der Waals surface area contributed by atoms with Gasteiger partial charge in [-0.25, -0.2) is 13.1 Å². The summed E-state index contributed by atoms with van der Waals surface area (Å²) in [6.45, 7) is -0.153. The van der Waals surface area contributed by atoms with Crippen molar-refractivity contribution in [3.63, 3.8) is 0 Å². The Bertz CT molecular complexity index is 641. The molecule has 0 heterocycles. The van der Waals surface area contributed by atoms with Gasteiger partial charge in [0.05, 0.1) is 9.95 Å². The minimum atomic E-state index is -3.90. The average molecular weight is 306 g/mol. The first-order valence-corrected chi connectivity index (χ1v) is 6.69. The zero-order valence-corrected chi connectivity index (χ0v) is 10.9. The molecular formula is C8H8ClN5O4S. The lowest BCUT2D eigenvalue weighted by atomic mass is 10.3. The number of nitrogens with one attached hydrogen (secondary N) is 1. The first-order valence-electron chi connectivity index (χ1n) is 4.83. The Morgan fingerprint density at radius 1 is 1.53 bits per heavy atom. The fourth-order valence-corrected chi connectivity index (χ4v) is 2.73. The van der Waals surface area contributed by atoms with Crippen LogP contribution in [0.2, 0.25) is 5.02 Å². The van der Waals surface area contributed by atoms with Crippen LogP contribution in [0.25, 0.3) is 10.4 Å². The maximum absolute atomic E-state index is 11.8. The monoisotopic (exact) mass is 305 g/mol. The number of halogens is 1. The highest BCUT2D eigenvalue weighted by Crippen LogP contribution is 2.25. The van der Waals surface area contributed by atoms with Gasteiger partial charge in [-0.05, 0) is 11.6 Å². The SMILES string of the molecule is [N-]=[N+]=NCCNS(=O)(=O)c1ccc([N+](=O)[O-])cc1Cl. The molecule has 1 aromatic rings.